The molecule has 0 atom stereocenters. The fraction of sp³-hybridized carbons (Fsp3) is 0.542. The van der Waals surface area contributed by atoms with Gasteiger partial charge in [0.15, 0.2) is 5.13 Å². The molecule has 1 aliphatic rings. The van der Waals surface area contributed by atoms with Crippen LogP contribution >= 0.6 is 46.5 Å². The SMILES string of the molecule is CC1CCC(N(CCCSc2cccc(Cl)c2)C(=O)Nc2ncc(SC(C)(C)C(=O)O)s2)CC1. The average Bonchev–Trinajstić information content (AvgIpc) is 3.20. The predicted octanol–water partition coefficient (Wildman–Crippen LogP) is 7.35. The summed E-state index contributed by atoms with van der Waals surface area (Å²) in [5.41, 5.74) is 0. The van der Waals surface area contributed by atoms with E-state index >= 15 is 0 Å². The zero-order valence-corrected chi connectivity index (χ0v) is 23.0. The fourth-order valence-electron chi connectivity index (χ4n) is 3.81. The van der Waals surface area contributed by atoms with Gasteiger partial charge in [0.1, 0.15) is 4.75 Å². The number of carbonyl (C=O) groups excluding carboxylic acids is 1. The minimum absolute atomic E-state index is 0.129. The second-order valence-corrected chi connectivity index (χ2v) is 13.7. The Hall–Kier alpha value is -1.42. The maximum Gasteiger partial charge on any atom is 0.323 e. The van der Waals surface area contributed by atoms with Crippen molar-refractivity contribution < 1.29 is 14.7 Å². The van der Waals surface area contributed by atoms with Gasteiger partial charge in [0.25, 0.3) is 0 Å². The minimum Gasteiger partial charge on any atom is -0.480 e. The Bertz CT molecular complexity index is 977. The summed E-state index contributed by atoms with van der Waals surface area (Å²) >= 11 is 10.4. The molecule has 1 aliphatic carbocycles. The van der Waals surface area contributed by atoms with E-state index < -0.39 is 10.7 Å². The summed E-state index contributed by atoms with van der Waals surface area (Å²) in [6, 6.07) is 7.93. The number of hydrogen-bond acceptors (Lipinski definition) is 6. The van der Waals surface area contributed by atoms with Crippen LogP contribution < -0.4 is 5.32 Å². The molecule has 1 fully saturated rings. The van der Waals surface area contributed by atoms with Gasteiger partial charge in [0.05, 0.1) is 10.4 Å². The van der Waals surface area contributed by atoms with Gasteiger partial charge in [-0.25, -0.2) is 9.78 Å². The number of benzene rings is 1. The Kier molecular flexibility index (Phi) is 10.0. The average molecular weight is 542 g/mol. The van der Waals surface area contributed by atoms with Crippen molar-refractivity contribution in [3.8, 4) is 0 Å². The molecule has 0 saturated heterocycles. The van der Waals surface area contributed by atoms with Gasteiger partial charge in [-0.2, -0.15) is 0 Å². The highest BCUT2D eigenvalue weighted by molar-refractivity contribution is 8.03. The minimum atomic E-state index is -0.959. The van der Waals surface area contributed by atoms with Gasteiger partial charge in [-0.05, 0) is 75.8 Å². The Morgan fingerprint density at radius 2 is 2.03 bits per heavy atom. The highest BCUT2D eigenvalue weighted by atomic mass is 35.5. The van der Waals surface area contributed by atoms with Crippen LogP contribution in [0.1, 0.15) is 52.9 Å². The smallest absolute Gasteiger partial charge is 0.323 e. The van der Waals surface area contributed by atoms with Crippen molar-refractivity contribution in [2.75, 3.05) is 17.6 Å². The molecule has 6 nitrogen and oxygen atoms in total. The lowest BCUT2D eigenvalue weighted by Gasteiger charge is -2.36. The van der Waals surface area contributed by atoms with Crippen molar-refractivity contribution in [2.45, 2.75) is 72.8 Å². The number of nitrogens with zero attached hydrogens (tertiary/aromatic N) is 2. The molecule has 10 heteroatoms. The van der Waals surface area contributed by atoms with Gasteiger partial charge < -0.3 is 10.0 Å². The maximum absolute atomic E-state index is 13.3. The molecule has 186 valence electrons. The zero-order chi connectivity index (χ0) is 24.7. The summed E-state index contributed by atoms with van der Waals surface area (Å²) in [5, 5.41) is 13.5. The number of thioether (sulfide) groups is 2. The van der Waals surface area contributed by atoms with Gasteiger partial charge >= 0.3 is 12.0 Å². The highest BCUT2D eigenvalue weighted by Crippen LogP contribution is 2.37. The monoisotopic (exact) mass is 541 g/mol. The quantitative estimate of drug-likeness (QED) is 0.242. The largest absolute Gasteiger partial charge is 0.480 e. The van der Waals surface area contributed by atoms with Crippen LogP contribution in [0.3, 0.4) is 0 Å². The molecule has 34 heavy (non-hydrogen) atoms. The van der Waals surface area contributed by atoms with Crippen LogP contribution in [0.15, 0.2) is 39.6 Å². The zero-order valence-electron chi connectivity index (χ0n) is 19.8. The second kappa shape index (κ2) is 12.5. The van der Waals surface area contributed by atoms with Crippen molar-refractivity contribution >= 4 is 63.6 Å². The van der Waals surface area contributed by atoms with E-state index in [4.69, 9.17) is 11.6 Å². The normalized spacial score (nSPS) is 18.5. The number of thiazole rings is 1. The van der Waals surface area contributed by atoms with Gasteiger partial charge in [-0.3, -0.25) is 10.1 Å². The molecule has 1 aromatic heterocycles. The van der Waals surface area contributed by atoms with Crippen molar-refractivity contribution in [2.24, 2.45) is 5.92 Å². The van der Waals surface area contributed by atoms with Crippen molar-refractivity contribution in [1.29, 1.82) is 0 Å². The van der Waals surface area contributed by atoms with Crippen LogP contribution in [0.25, 0.3) is 0 Å². The first-order valence-corrected chi connectivity index (χ1v) is 14.5. The number of amides is 2. The van der Waals surface area contributed by atoms with Gasteiger partial charge in [0.2, 0.25) is 0 Å². The summed E-state index contributed by atoms with van der Waals surface area (Å²) in [6.07, 6.45) is 6.80. The number of carbonyl (C=O) groups is 2. The van der Waals surface area contributed by atoms with E-state index in [1.54, 1.807) is 31.8 Å². The number of carboxylic acid groups (broad SMARTS) is 1. The molecule has 0 radical (unpaired) electrons. The molecule has 1 heterocycles. The molecule has 2 aromatic rings. The summed E-state index contributed by atoms with van der Waals surface area (Å²) < 4.78 is -0.196. The number of anilines is 1. The lowest BCUT2D eigenvalue weighted by molar-refractivity contribution is -0.138. The molecular weight excluding hydrogens is 510 g/mol. The van der Waals surface area contributed by atoms with Crippen molar-refractivity contribution in [3.05, 3.63) is 35.5 Å². The van der Waals surface area contributed by atoms with E-state index in [2.05, 4.69) is 17.2 Å². The Morgan fingerprint density at radius 1 is 1.29 bits per heavy atom. The van der Waals surface area contributed by atoms with Gasteiger partial charge in [-0.1, -0.05) is 47.7 Å². The lowest BCUT2D eigenvalue weighted by atomic mass is 9.86. The van der Waals surface area contributed by atoms with E-state index in [1.165, 1.54) is 23.1 Å². The maximum atomic E-state index is 13.3. The number of aliphatic carboxylic acids is 1. The number of urea groups is 1. The van der Waals surface area contributed by atoms with Crippen molar-refractivity contribution in [3.63, 3.8) is 0 Å². The Balaban J connectivity index is 1.60. The van der Waals surface area contributed by atoms with Crippen LogP contribution in [0.5, 0.6) is 0 Å². The molecule has 0 spiro atoms. The number of halogens is 1. The second-order valence-electron chi connectivity index (χ2n) is 9.10. The van der Waals surface area contributed by atoms with E-state index in [0.717, 1.165) is 52.0 Å². The number of nitrogens with one attached hydrogen (secondary N) is 1. The number of hydrogen-bond donors (Lipinski definition) is 2. The first kappa shape index (κ1) is 27.2. The van der Waals surface area contributed by atoms with Crippen LogP contribution in [0, 0.1) is 5.92 Å². The summed E-state index contributed by atoms with van der Waals surface area (Å²) in [4.78, 5) is 32.1. The topological polar surface area (TPSA) is 82.5 Å². The molecule has 0 unspecified atom stereocenters. The van der Waals surface area contributed by atoms with Crippen LogP contribution in [-0.2, 0) is 4.79 Å². The van der Waals surface area contributed by atoms with E-state index in [9.17, 15) is 14.7 Å². The summed E-state index contributed by atoms with van der Waals surface area (Å²) in [5.74, 6) is 0.718. The molecule has 2 N–H and O–H groups in total. The number of rotatable bonds is 10. The number of carboxylic acids is 1. The van der Waals surface area contributed by atoms with Crippen LogP contribution in [0.2, 0.25) is 5.02 Å². The Labute approximate surface area is 219 Å². The van der Waals surface area contributed by atoms with Crippen molar-refractivity contribution in [1.82, 2.24) is 9.88 Å². The van der Waals surface area contributed by atoms with E-state index in [-0.39, 0.29) is 12.1 Å². The summed E-state index contributed by atoms with van der Waals surface area (Å²) in [7, 11) is 0. The molecule has 1 saturated carbocycles. The highest BCUT2D eigenvalue weighted by Gasteiger charge is 2.30. The number of aromatic nitrogens is 1. The first-order chi connectivity index (χ1) is 16.1. The van der Waals surface area contributed by atoms with E-state index in [1.807, 2.05) is 29.2 Å². The van der Waals surface area contributed by atoms with Crippen LogP contribution in [0.4, 0.5) is 9.93 Å². The molecule has 2 amide bonds. The standard InChI is InChI=1S/C24H32ClN3O3S3/c1-16-8-10-18(11-9-16)28(12-5-13-32-19-7-4-6-17(25)14-19)23(31)27-22-26-15-20(33-22)34-24(2,3)21(29)30/h4,6-7,14-16,18H,5,8-13H2,1-3H3,(H,29,30)(H,26,27,31). The van der Waals surface area contributed by atoms with E-state index in [0.29, 0.717) is 17.6 Å². The third-order valence-electron chi connectivity index (χ3n) is 5.86. The molecule has 0 aliphatic heterocycles. The third-order valence-corrected chi connectivity index (χ3v) is 9.38. The summed E-state index contributed by atoms with van der Waals surface area (Å²) in [6.45, 7) is 6.27. The van der Waals surface area contributed by atoms with Crippen LogP contribution in [-0.4, -0.2) is 50.1 Å². The molecular formula is C24H32ClN3O3S3. The first-order valence-electron chi connectivity index (χ1n) is 11.5. The third kappa shape index (κ3) is 8.07. The van der Waals surface area contributed by atoms with Gasteiger partial charge in [-0.15, -0.1) is 11.8 Å². The Morgan fingerprint density at radius 3 is 2.71 bits per heavy atom. The molecule has 1 aromatic carbocycles. The molecule has 0 bridgehead atoms. The van der Waals surface area contributed by atoms with Gasteiger partial charge in [0, 0.05) is 22.5 Å². The predicted molar refractivity (Wildman–Crippen MR) is 144 cm³/mol. The fourth-order valence-corrected chi connectivity index (χ4v) is 7.22. The molecule has 3 rings (SSSR count). The lowest BCUT2D eigenvalue weighted by Crippen LogP contribution is -2.45.